The van der Waals surface area contributed by atoms with E-state index in [1.165, 1.54) is 6.92 Å². The van der Waals surface area contributed by atoms with Crippen molar-refractivity contribution in [2.45, 2.75) is 13.0 Å². The van der Waals surface area contributed by atoms with E-state index < -0.39 is 6.10 Å². The molecule has 0 bridgehead atoms. The number of aliphatic hydroxyl groups excluding tert-OH is 1. The standard InChI is InChI=1S/C4H7ClO2/c1-3(6)4(7)2-5/h3,6H,2H2,1H3/t3-/m1/s1. The Bertz CT molecular complexity index is 70.1. The number of ketones is 1. The second kappa shape index (κ2) is 2.99. The molecule has 0 aromatic rings. The SMILES string of the molecule is C[C@@H](O)C(=O)CCl. The van der Waals surface area contributed by atoms with Crippen LogP contribution in [-0.4, -0.2) is 22.9 Å². The van der Waals surface area contributed by atoms with E-state index in [-0.39, 0.29) is 11.7 Å². The van der Waals surface area contributed by atoms with Gasteiger partial charge in [-0.2, -0.15) is 0 Å². The molecule has 7 heavy (non-hydrogen) atoms. The molecule has 0 rings (SSSR count). The van der Waals surface area contributed by atoms with Crippen LogP contribution in [0, 0.1) is 0 Å². The van der Waals surface area contributed by atoms with Gasteiger partial charge in [-0.1, -0.05) is 0 Å². The van der Waals surface area contributed by atoms with E-state index >= 15 is 0 Å². The maximum atomic E-state index is 10.1. The number of alkyl halides is 1. The van der Waals surface area contributed by atoms with E-state index in [9.17, 15) is 4.79 Å². The summed E-state index contributed by atoms with van der Waals surface area (Å²) in [5.74, 6) is -0.431. The average Bonchev–Trinajstić information content (AvgIpc) is 1.65. The van der Waals surface area contributed by atoms with Crippen molar-refractivity contribution in [3.05, 3.63) is 0 Å². The zero-order valence-corrected chi connectivity index (χ0v) is 4.77. The second-order valence-corrected chi connectivity index (χ2v) is 1.54. The first-order valence-corrected chi connectivity index (χ1v) is 2.48. The molecule has 0 spiro atoms. The van der Waals surface area contributed by atoms with Crippen LogP contribution in [0.3, 0.4) is 0 Å². The molecular formula is C4H7ClO2. The third kappa shape index (κ3) is 2.60. The Kier molecular flexibility index (Phi) is 2.96. The Morgan fingerprint density at radius 1 is 2.00 bits per heavy atom. The summed E-state index contributed by atoms with van der Waals surface area (Å²) in [6.45, 7) is 1.39. The average molecular weight is 123 g/mol. The van der Waals surface area contributed by atoms with Crippen molar-refractivity contribution in [1.82, 2.24) is 0 Å². The summed E-state index contributed by atoms with van der Waals surface area (Å²) in [6.07, 6.45) is -0.905. The molecule has 0 unspecified atom stereocenters. The van der Waals surface area contributed by atoms with Crippen LogP contribution in [0.25, 0.3) is 0 Å². The summed E-state index contributed by atoms with van der Waals surface area (Å²) in [5, 5.41) is 8.39. The molecule has 1 atom stereocenters. The first kappa shape index (κ1) is 6.92. The molecule has 0 aliphatic rings. The number of Topliss-reactive ketones (excluding diaryl/α,β-unsaturated/α-hetero) is 1. The molecular weight excluding hydrogens is 115 g/mol. The maximum Gasteiger partial charge on any atom is 0.175 e. The van der Waals surface area contributed by atoms with Gasteiger partial charge in [-0.15, -0.1) is 11.6 Å². The fraction of sp³-hybridized carbons (Fsp3) is 0.750. The van der Waals surface area contributed by atoms with Crippen LogP contribution in [0.15, 0.2) is 0 Å². The van der Waals surface area contributed by atoms with E-state index in [1.54, 1.807) is 0 Å². The van der Waals surface area contributed by atoms with Gasteiger partial charge >= 0.3 is 0 Å². The van der Waals surface area contributed by atoms with Gasteiger partial charge in [0.2, 0.25) is 0 Å². The molecule has 0 saturated heterocycles. The van der Waals surface area contributed by atoms with Crippen molar-refractivity contribution >= 4 is 17.4 Å². The lowest BCUT2D eigenvalue weighted by atomic mass is 10.3. The summed E-state index contributed by atoms with van der Waals surface area (Å²) >= 11 is 5.04. The molecule has 3 heteroatoms. The molecule has 42 valence electrons. The highest BCUT2D eigenvalue weighted by molar-refractivity contribution is 6.28. The molecule has 0 radical (unpaired) electrons. The number of aliphatic hydroxyl groups is 1. The molecule has 2 nitrogen and oxygen atoms in total. The van der Waals surface area contributed by atoms with Gasteiger partial charge in [-0.25, -0.2) is 0 Å². The van der Waals surface area contributed by atoms with Gasteiger partial charge in [0.25, 0.3) is 0 Å². The number of carbonyl (C=O) groups excluding carboxylic acids is 1. The fourth-order valence-electron chi connectivity index (χ4n) is 0.112. The Hall–Kier alpha value is -0.0800. The molecule has 0 aromatic carbocycles. The summed E-state index contributed by atoms with van der Waals surface area (Å²) in [7, 11) is 0. The van der Waals surface area contributed by atoms with Crippen LogP contribution >= 0.6 is 11.6 Å². The molecule has 0 fully saturated rings. The highest BCUT2D eigenvalue weighted by Gasteiger charge is 2.04. The number of hydrogen-bond acceptors (Lipinski definition) is 2. The van der Waals surface area contributed by atoms with Gasteiger partial charge < -0.3 is 5.11 Å². The first-order valence-electron chi connectivity index (χ1n) is 1.95. The minimum atomic E-state index is -0.905. The number of halogens is 1. The van der Waals surface area contributed by atoms with Crippen LogP contribution in [0.4, 0.5) is 0 Å². The smallest absolute Gasteiger partial charge is 0.175 e. The number of hydrogen-bond donors (Lipinski definition) is 1. The Morgan fingerprint density at radius 3 is 2.43 bits per heavy atom. The van der Waals surface area contributed by atoms with Crippen molar-refractivity contribution in [2.24, 2.45) is 0 Å². The summed E-state index contributed by atoms with van der Waals surface area (Å²) in [4.78, 5) is 10.1. The lowest BCUT2D eigenvalue weighted by Gasteiger charge is -1.94. The van der Waals surface area contributed by atoms with Gasteiger partial charge in [0.15, 0.2) is 5.78 Å². The van der Waals surface area contributed by atoms with E-state index in [0.717, 1.165) is 0 Å². The van der Waals surface area contributed by atoms with Gasteiger partial charge in [0, 0.05) is 0 Å². The highest BCUT2D eigenvalue weighted by Crippen LogP contribution is 1.84. The lowest BCUT2D eigenvalue weighted by Crippen LogP contribution is -2.16. The van der Waals surface area contributed by atoms with Gasteiger partial charge in [-0.3, -0.25) is 4.79 Å². The monoisotopic (exact) mass is 122 g/mol. The molecule has 0 saturated carbocycles. The summed E-state index contributed by atoms with van der Waals surface area (Å²) < 4.78 is 0. The maximum absolute atomic E-state index is 10.1. The first-order chi connectivity index (χ1) is 3.18. The third-order valence-corrected chi connectivity index (χ3v) is 0.861. The predicted molar refractivity (Wildman–Crippen MR) is 27.4 cm³/mol. The van der Waals surface area contributed by atoms with Gasteiger partial charge in [-0.05, 0) is 6.92 Å². The van der Waals surface area contributed by atoms with Crippen LogP contribution in [-0.2, 0) is 4.79 Å². The van der Waals surface area contributed by atoms with E-state index in [2.05, 4.69) is 0 Å². The van der Waals surface area contributed by atoms with Gasteiger partial charge in [0.1, 0.15) is 6.10 Å². The predicted octanol–water partition coefficient (Wildman–Crippen LogP) is 0.175. The summed E-state index contributed by atoms with van der Waals surface area (Å²) in [6, 6.07) is 0. The van der Waals surface area contributed by atoms with Crippen molar-refractivity contribution in [3.8, 4) is 0 Å². The largest absolute Gasteiger partial charge is 0.386 e. The second-order valence-electron chi connectivity index (χ2n) is 1.28. The van der Waals surface area contributed by atoms with Crippen molar-refractivity contribution in [3.63, 3.8) is 0 Å². The Morgan fingerprint density at radius 2 is 2.43 bits per heavy atom. The van der Waals surface area contributed by atoms with Crippen molar-refractivity contribution in [2.75, 3.05) is 5.88 Å². The van der Waals surface area contributed by atoms with Gasteiger partial charge in [0.05, 0.1) is 5.88 Å². The Labute approximate surface area is 47.1 Å². The fourth-order valence-corrected chi connectivity index (χ4v) is 0.335. The third-order valence-electron chi connectivity index (χ3n) is 0.598. The minimum Gasteiger partial charge on any atom is -0.386 e. The number of rotatable bonds is 2. The van der Waals surface area contributed by atoms with Crippen LogP contribution < -0.4 is 0 Å². The van der Waals surface area contributed by atoms with E-state index in [4.69, 9.17) is 16.7 Å². The molecule has 1 N–H and O–H groups in total. The molecule has 0 aliphatic heterocycles. The van der Waals surface area contributed by atoms with E-state index in [0.29, 0.717) is 0 Å². The van der Waals surface area contributed by atoms with Crippen molar-refractivity contribution < 1.29 is 9.90 Å². The summed E-state index contributed by atoms with van der Waals surface area (Å²) in [5.41, 5.74) is 0. The molecule has 0 aliphatic carbocycles. The van der Waals surface area contributed by atoms with Crippen LogP contribution in [0.5, 0.6) is 0 Å². The minimum absolute atomic E-state index is 0.0995. The van der Waals surface area contributed by atoms with Crippen LogP contribution in [0.1, 0.15) is 6.92 Å². The lowest BCUT2D eigenvalue weighted by molar-refractivity contribution is -0.123. The zero-order valence-electron chi connectivity index (χ0n) is 4.02. The highest BCUT2D eigenvalue weighted by atomic mass is 35.5. The quantitative estimate of drug-likeness (QED) is 0.531. The molecule has 0 aromatic heterocycles. The topological polar surface area (TPSA) is 37.3 Å². The van der Waals surface area contributed by atoms with E-state index in [1.807, 2.05) is 0 Å². The normalized spacial score (nSPS) is 13.6. The zero-order chi connectivity index (χ0) is 5.86. The molecule has 0 amide bonds. The van der Waals surface area contributed by atoms with Crippen molar-refractivity contribution in [1.29, 1.82) is 0 Å². The van der Waals surface area contributed by atoms with Crippen LogP contribution in [0.2, 0.25) is 0 Å². The Balaban J connectivity index is 3.35. The molecule has 0 heterocycles. The number of carbonyl (C=O) groups is 1.